The van der Waals surface area contributed by atoms with E-state index in [4.69, 9.17) is 34.8 Å². The summed E-state index contributed by atoms with van der Waals surface area (Å²) in [7, 11) is 0. The zero-order valence-electron chi connectivity index (χ0n) is 8.12. The molecule has 0 unspecified atom stereocenters. The van der Waals surface area contributed by atoms with Crippen LogP contribution in [0.15, 0.2) is 14.2 Å². The summed E-state index contributed by atoms with van der Waals surface area (Å²) in [4.78, 5) is 26.2. The first-order valence-corrected chi connectivity index (χ1v) is 5.88. The predicted octanol–water partition coefficient (Wildman–Crippen LogP) is 1.05. The van der Waals surface area contributed by atoms with Crippen LogP contribution in [0, 0.1) is 0 Å². The molecule has 0 aromatic carbocycles. The Hall–Kier alpha value is -1.03. The smallest absolute Gasteiger partial charge is 0.271 e. The van der Waals surface area contributed by atoms with Crippen molar-refractivity contribution in [3.63, 3.8) is 0 Å². The van der Waals surface area contributed by atoms with E-state index in [-0.39, 0.29) is 20.2 Å². The van der Waals surface area contributed by atoms with Crippen LogP contribution in [0.5, 0.6) is 0 Å². The normalized spacial score (nSPS) is 9.56. The predicted molar refractivity (Wildman–Crippen MR) is 68.0 cm³/mol. The van der Waals surface area contributed by atoms with Gasteiger partial charge >= 0.3 is 5.69 Å². The molecule has 2 heterocycles. The Bertz CT molecular complexity index is 658. The number of hydrogen-bond acceptors (Lipinski definition) is 6. The van der Waals surface area contributed by atoms with Gasteiger partial charge in [-0.3, -0.25) is 9.78 Å². The first-order valence-electron chi connectivity index (χ1n) is 3.96. The molecule has 96 valence electrons. The maximum atomic E-state index is 10.5. The van der Waals surface area contributed by atoms with E-state index in [1.54, 1.807) is 0 Å². The Kier molecular flexibility index (Phi) is 5.66. The van der Waals surface area contributed by atoms with Gasteiger partial charge in [0.15, 0.2) is 14.9 Å². The van der Waals surface area contributed by atoms with Gasteiger partial charge in [0, 0.05) is 0 Å². The minimum Gasteiger partial charge on any atom is -0.271 e. The SMILES string of the molecule is Clc1nnc(Cl)c(Cl)n1.O=c1[nH]nc(Br)c(=O)[nH]1. The van der Waals surface area contributed by atoms with Crippen molar-refractivity contribution >= 4 is 50.7 Å². The van der Waals surface area contributed by atoms with Gasteiger partial charge < -0.3 is 0 Å². The number of aromatic nitrogens is 6. The second-order valence-corrected chi connectivity index (χ2v) is 4.27. The molecule has 2 aromatic rings. The van der Waals surface area contributed by atoms with Crippen molar-refractivity contribution in [3.05, 3.63) is 41.0 Å². The zero-order chi connectivity index (χ0) is 13.7. The maximum Gasteiger partial charge on any atom is 0.342 e. The summed E-state index contributed by atoms with van der Waals surface area (Å²) in [5.41, 5.74) is -1.14. The number of H-pyrrole nitrogens is 2. The fourth-order valence-corrected chi connectivity index (χ4v) is 1.16. The Morgan fingerprint density at radius 3 is 2.17 bits per heavy atom. The molecule has 2 rings (SSSR count). The van der Waals surface area contributed by atoms with Crippen molar-refractivity contribution in [2.75, 3.05) is 0 Å². The Morgan fingerprint density at radius 1 is 1.06 bits per heavy atom. The third-order valence-corrected chi connectivity index (χ3v) is 2.56. The van der Waals surface area contributed by atoms with E-state index in [0.29, 0.717) is 0 Å². The van der Waals surface area contributed by atoms with Crippen LogP contribution in [0.25, 0.3) is 0 Å². The second kappa shape index (κ2) is 6.78. The zero-order valence-corrected chi connectivity index (χ0v) is 12.0. The molecule has 2 N–H and O–H groups in total. The van der Waals surface area contributed by atoms with Crippen LogP contribution in [0.1, 0.15) is 0 Å². The first-order chi connectivity index (χ1) is 8.40. The quantitative estimate of drug-likeness (QED) is 0.710. The lowest BCUT2D eigenvalue weighted by atomic mass is 10.9. The van der Waals surface area contributed by atoms with Gasteiger partial charge in [0.25, 0.3) is 5.56 Å². The van der Waals surface area contributed by atoms with Gasteiger partial charge in [-0.05, 0) is 27.5 Å². The molecule has 0 fully saturated rings. The molecule has 0 aliphatic carbocycles. The van der Waals surface area contributed by atoms with Crippen LogP contribution < -0.4 is 11.2 Å². The Morgan fingerprint density at radius 2 is 1.72 bits per heavy atom. The summed E-state index contributed by atoms with van der Waals surface area (Å²) in [5.74, 6) is 0. The molecule has 0 amide bonds. The van der Waals surface area contributed by atoms with Crippen LogP contribution >= 0.6 is 50.7 Å². The van der Waals surface area contributed by atoms with Gasteiger partial charge in [-0.1, -0.05) is 23.2 Å². The topological polar surface area (TPSA) is 117 Å². The summed E-state index contributed by atoms with van der Waals surface area (Å²) < 4.78 is 0.0714. The monoisotopic (exact) mass is 374 g/mol. The fraction of sp³-hybridized carbons (Fsp3) is 0. The Balaban J connectivity index is 0.000000180. The van der Waals surface area contributed by atoms with Crippen molar-refractivity contribution in [3.8, 4) is 0 Å². The molecular weight excluding hydrogens is 374 g/mol. The van der Waals surface area contributed by atoms with E-state index in [2.05, 4.69) is 36.2 Å². The summed E-state index contributed by atoms with van der Waals surface area (Å²) in [6.45, 7) is 0. The molecule has 0 spiro atoms. The standard InChI is InChI=1S/C3H2BrN3O2.C3Cl3N3/c4-1-2(8)5-3(9)7-6-1;4-1-2(5)8-9-3(6)7-1/h(H2,5,7,8,9);. The van der Waals surface area contributed by atoms with Gasteiger partial charge in [-0.2, -0.15) is 5.10 Å². The van der Waals surface area contributed by atoms with E-state index in [9.17, 15) is 9.59 Å². The summed E-state index contributed by atoms with van der Waals surface area (Å²) in [5, 5.41) is 12.2. The molecule has 0 aliphatic rings. The largest absolute Gasteiger partial charge is 0.342 e. The van der Waals surface area contributed by atoms with E-state index < -0.39 is 11.2 Å². The third kappa shape index (κ3) is 4.69. The van der Waals surface area contributed by atoms with Crippen molar-refractivity contribution < 1.29 is 0 Å². The second-order valence-electron chi connectivity index (χ2n) is 2.46. The molecule has 0 saturated carbocycles. The number of nitrogens with one attached hydrogen (secondary N) is 2. The molecule has 0 saturated heterocycles. The highest BCUT2D eigenvalue weighted by Gasteiger charge is 2.00. The number of hydrogen-bond donors (Lipinski definition) is 2. The number of nitrogens with zero attached hydrogens (tertiary/aromatic N) is 4. The summed E-state index contributed by atoms with van der Waals surface area (Å²) >= 11 is 18.8. The lowest BCUT2D eigenvalue weighted by molar-refractivity contribution is 0.868. The molecule has 18 heavy (non-hydrogen) atoms. The van der Waals surface area contributed by atoms with Crippen LogP contribution in [-0.2, 0) is 0 Å². The van der Waals surface area contributed by atoms with Crippen molar-refractivity contribution in [2.45, 2.75) is 0 Å². The molecule has 12 heteroatoms. The summed E-state index contributed by atoms with van der Waals surface area (Å²) in [6.07, 6.45) is 0. The molecular formula is C6H2BrCl3N6O2. The average molecular weight is 376 g/mol. The van der Waals surface area contributed by atoms with Gasteiger partial charge in [-0.15, -0.1) is 10.2 Å². The number of rotatable bonds is 0. The highest BCUT2D eigenvalue weighted by Crippen LogP contribution is 2.15. The molecule has 0 bridgehead atoms. The highest BCUT2D eigenvalue weighted by molar-refractivity contribution is 9.10. The number of halogens is 4. The van der Waals surface area contributed by atoms with Crippen molar-refractivity contribution in [1.29, 1.82) is 0 Å². The third-order valence-electron chi connectivity index (χ3n) is 1.25. The minimum atomic E-state index is -0.608. The summed E-state index contributed by atoms with van der Waals surface area (Å²) in [6, 6.07) is 0. The fourth-order valence-electron chi connectivity index (χ4n) is 0.609. The highest BCUT2D eigenvalue weighted by atomic mass is 79.9. The van der Waals surface area contributed by atoms with E-state index >= 15 is 0 Å². The van der Waals surface area contributed by atoms with E-state index in [0.717, 1.165) is 0 Å². The van der Waals surface area contributed by atoms with E-state index in [1.165, 1.54) is 0 Å². The van der Waals surface area contributed by atoms with Crippen LogP contribution in [-0.4, -0.2) is 30.4 Å². The number of aromatic amines is 2. The lowest BCUT2D eigenvalue weighted by Crippen LogP contribution is -2.23. The molecule has 0 aliphatic heterocycles. The van der Waals surface area contributed by atoms with Crippen molar-refractivity contribution in [2.24, 2.45) is 0 Å². The molecule has 8 nitrogen and oxygen atoms in total. The van der Waals surface area contributed by atoms with Crippen LogP contribution in [0.4, 0.5) is 0 Å². The Labute approximate surface area is 122 Å². The molecule has 2 aromatic heterocycles. The average Bonchev–Trinajstić information content (AvgIpc) is 2.30. The van der Waals surface area contributed by atoms with Gasteiger partial charge in [0.2, 0.25) is 5.28 Å². The van der Waals surface area contributed by atoms with E-state index in [1.807, 2.05) is 10.1 Å². The molecule has 0 radical (unpaired) electrons. The lowest BCUT2D eigenvalue weighted by Gasteiger charge is -1.89. The van der Waals surface area contributed by atoms with Crippen LogP contribution in [0.3, 0.4) is 0 Å². The first kappa shape index (κ1) is 15.0. The molecule has 0 atom stereocenters. The van der Waals surface area contributed by atoms with Gasteiger partial charge in [-0.25, -0.2) is 14.9 Å². The maximum absolute atomic E-state index is 10.5. The van der Waals surface area contributed by atoms with Crippen LogP contribution in [0.2, 0.25) is 15.6 Å². The minimum absolute atomic E-state index is 0.00981. The van der Waals surface area contributed by atoms with Gasteiger partial charge in [0.05, 0.1) is 0 Å². The van der Waals surface area contributed by atoms with Gasteiger partial charge in [0.1, 0.15) is 0 Å². The van der Waals surface area contributed by atoms with Crippen molar-refractivity contribution in [1.82, 2.24) is 30.4 Å².